The molecule has 1 atom stereocenters. The van der Waals surface area contributed by atoms with Crippen LogP contribution in [-0.2, 0) is 19.1 Å². The number of esters is 2. The van der Waals surface area contributed by atoms with Crippen LogP contribution in [-0.4, -0.2) is 24.6 Å². The van der Waals surface area contributed by atoms with Crippen molar-refractivity contribution in [1.82, 2.24) is 0 Å². The summed E-state index contributed by atoms with van der Waals surface area (Å²) in [7, 11) is 0. The van der Waals surface area contributed by atoms with Crippen LogP contribution < -0.4 is 0 Å². The summed E-state index contributed by atoms with van der Waals surface area (Å²) in [6, 6.07) is 0. The van der Waals surface area contributed by atoms with Crippen molar-refractivity contribution >= 4 is 11.9 Å². The normalized spacial score (nSPS) is 12.3. The predicted octanol–water partition coefficient (Wildman–Crippen LogP) is 1.92. The molecule has 4 nitrogen and oxygen atoms in total. The lowest BCUT2D eigenvalue weighted by atomic mass is 10.2. The zero-order chi connectivity index (χ0) is 11.8. The Morgan fingerprint density at radius 3 is 2.27 bits per heavy atom. The smallest absolute Gasteiger partial charge is 0.347 e. The monoisotopic (exact) mass is 216 g/mol. The quantitative estimate of drug-likeness (QED) is 0.636. The van der Waals surface area contributed by atoms with E-state index >= 15 is 0 Å². The molecule has 0 aromatic heterocycles. The summed E-state index contributed by atoms with van der Waals surface area (Å²) in [4.78, 5) is 22.4. The Bertz CT molecular complexity index is 211. The van der Waals surface area contributed by atoms with Crippen LogP contribution in [0.3, 0.4) is 0 Å². The van der Waals surface area contributed by atoms with E-state index in [1.165, 1.54) is 6.92 Å². The number of carbonyl (C=O) groups is 2. The lowest BCUT2D eigenvalue weighted by Crippen LogP contribution is -2.27. The average molecular weight is 216 g/mol. The van der Waals surface area contributed by atoms with Gasteiger partial charge in [-0.3, -0.25) is 4.79 Å². The fourth-order valence-corrected chi connectivity index (χ4v) is 0.874. The Labute approximate surface area is 90.9 Å². The van der Waals surface area contributed by atoms with E-state index in [0.717, 1.165) is 0 Å². The highest BCUT2D eigenvalue weighted by molar-refractivity contribution is 5.78. The van der Waals surface area contributed by atoms with Crippen LogP contribution in [0.25, 0.3) is 0 Å². The molecule has 15 heavy (non-hydrogen) atoms. The summed E-state index contributed by atoms with van der Waals surface area (Å²) in [6.07, 6.45) is 0.247. The van der Waals surface area contributed by atoms with Gasteiger partial charge in [-0.1, -0.05) is 20.8 Å². The second-order valence-electron chi connectivity index (χ2n) is 3.91. The van der Waals surface area contributed by atoms with Crippen LogP contribution in [0.5, 0.6) is 0 Å². The van der Waals surface area contributed by atoms with Crippen molar-refractivity contribution in [1.29, 1.82) is 0 Å². The molecule has 0 rings (SSSR count). The molecule has 0 aromatic rings. The predicted molar refractivity (Wildman–Crippen MR) is 56.3 cm³/mol. The average Bonchev–Trinajstić information content (AvgIpc) is 2.14. The highest BCUT2D eigenvalue weighted by atomic mass is 16.6. The van der Waals surface area contributed by atoms with Crippen LogP contribution in [0, 0.1) is 5.92 Å². The van der Waals surface area contributed by atoms with E-state index in [0.29, 0.717) is 19.4 Å². The summed E-state index contributed by atoms with van der Waals surface area (Å²) in [6.45, 7) is 7.65. The van der Waals surface area contributed by atoms with Crippen LogP contribution in [0.15, 0.2) is 0 Å². The first-order valence-electron chi connectivity index (χ1n) is 5.33. The second kappa shape index (κ2) is 7.26. The van der Waals surface area contributed by atoms with E-state index in [1.54, 1.807) is 0 Å². The first kappa shape index (κ1) is 13.9. The maximum atomic E-state index is 11.3. The third-order valence-electron chi connectivity index (χ3n) is 1.65. The van der Waals surface area contributed by atoms with Crippen molar-refractivity contribution in [3.63, 3.8) is 0 Å². The lowest BCUT2D eigenvalue weighted by Gasteiger charge is -2.13. The van der Waals surface area contributed by atoms with Crippen molar-refractivity contribution in [2.75, 3.05) is 6.61 Å². The van der Waals surface area contributed by atoms with E-state index in [9.17, 15) is 9.59 Å². The lowest BCUT2D eigenvalue weighted by molar-refractivity contribution is -0.167. The summed E-state index contributed by atoms with van der Waals surface area (Å²) in [5, 5.41) is 0. The third-order valence-corrected chi connectivity index (χ3v) is 1.65. The summed E-state index contributed by atoms with van der Waals surface area (Å²) < 4.78 is 9.80. The van der Waals surface area contributed by atoms with Crippen molar-refractivity contribution < 1.29 is 19.1 Å². The van der Waals surface area contributed by atoms with Crippen LogP contribution in [0.4, 0.5) is 0 Å². The minimum Gasteiger partial charge on any atom is -0.463 e. The molecule has 0 spiro atoms. The molecule has 0 bridgehead atoms. The number of carbonyl (C=O) groups excluding carboxylic acids is 2. The van der Waals surface area contributed by atoms with E-state index < -0.39 is 12.1 Å². The molecule has 0 N–H and O–H groups in total. The zero-order valence-corrected chi connectivity index (χ0v) is 9.91. The van der Waals surface area contributed by atoms with Gasteiger partial charge in [0, 0.05) is 6.42 Å². The highest BCUT2D eigenvalue weighted by Gasteiger charge is 2.18. The van der Waals surface area contributed by atoms with Crippen LogP contribution in [0.1, 0.15) is 40.5 Å². The van der Waals surface area contributed by atoms with Crippen LogP contribution >= 0.6 is 0 Å². The second-order valence-corrected chi connectivity index (χ2v) is 3.91. The molecular weight excluding hydrogens is 196 g/mol. The molecule has 0 radical (unpaired) electrons. The maximum absolute atomic E-state index is 11.3. The van der Waals surface area contributed by atoms with Crippen LogP contribution in [0.2, 0.25) is 0 Å². The Hall–Kier alpha value is -1.06. The van der Waals surface area contributed by atoms with Crippen molar-refractivity contribution in [3.05, 3.63) is 0 Å². The van der Waals surface area contributed by atoms with Gasteiger partial charge >= 0.3 is 11.9 Å². The fourth-order valence-electron chi connectivity index (χ4n) is 0.874. The third kappa shape index (κ3) is 6.94. The van der Waals surface area contributed by atoms with Gasteiger partial charge < -0.3 is 9.47 Å². The van der Waals surface area contributed by atoms with E-state index in [4.69, 9.17) is 9.47 Å². The molecule has 0 unspecified atom stereocenters. The standard InChI is InChI=1S/C11H20O4/c1-5-6-10(12)15-9(4)11(13)14-7-8(2)3/h8-9H,5-7H2,1-4H3/t9-/m1/s1. The van der Waals surface area contributed by atoms with E-state index in [2.05, 4.69) is 0 Å². The minimum absolute atomic E-state index is 0.285. The molecule has 0 amide bonds. The summed E-state index contributed by atoms with van der Waals surface area (Å²) in [5.41, 5.74) is 0. The van der Waals surface area contributed by atoms with Crippen molar-refractivity contribution in [2.24, 2.45) is 5.92 Å². The molecule has 0 aliphatic heterocycles. The highest BCUT2D eigenvalue weighted by Crippen LogP contribution is 2.01. The summed E-state index contributed by atoms with van der Waals surface area (Å²) >= 11 is 0. The maximum Gasteiger partial charge on any atom is 0.347 e. The molecular formula is C11H20O4. The molecule has 0 heterocycles. The van der Waals surface area contributed by atoms with Gasteiger partial charge in [-0.2, -0.15) is 0 Å². The van der Waals surface area contributed by atoms with Gasteiger partial charge in [0.2, 0.25) is 0 Å². The minimum atomic E-state index is -0.803. The van der Waals surface area contributed by atoms with Gasteiger partial charge in [0.15, 0.2) is 6.10 Å². The number of rotatable bonds is 6. The molecule has 0 saturated heterocycles. The molecule has 0 fully saturated rings. The van der Waals surface area contributed by atoms with Crippen molar-refractivity contribution in [3.8, 4) is 0 Å². The largest absolute Gasteiger partial charge is 0.463 e. The molecule has 0 saturated carbocycles. The first-order chi connectivity index (χ1) is 6.97. The van der Waals surface area contributed by atoms with Crippen molar-refractivity contribution in [2.45, 2.75) is 46.6 Å². The number of hydrogen-bond acceptors (Lipinski definition) is 4. The Morgan fingerprint density at radius 2 is 1.80 bits per heavy atom. The number of ether oxygens (including phenoxy) is 2. The van der Waals surface area contributed by atoms with E-state index in [1.807, 2.05) is 20.8 Å². The molecule has 0 aliphatic carbocycles. The molecule has 88 valence electrons. The van der Waals surface area contributed by atoms with E-state index in [-0.39, 0.29) is 11.9 Å². The molecule has 0 aromatic carbocycles. The summed E-state index contributed by atoms with van der Waals surface area (Å²) in [5.74, 6) is -0.549. The van der Waals surface area contributed by atoms with Gasteiger partial charge in [0.1, 0.15) is 0 Å². The van der Waals surface area contributed by atoms with Gasteiger partial charge in [-0.05, 0) is 19.3 Å². The zero-order valence-electron chi connectivity index (χ0n) is 9.91. The number of hydrogen-bond donors (Lipinski definition) is 0. The molecule has 4 heteroatoms. The fraction of sp³-hybridized carbons (Fsp3) is 0.818. The Kier molecular flexibility index (Phi) is 6.75. The molecule has 0 aliphatic rings. The van der Waals surface area contributed by atoms with Gasteiger partial charge in [-0.25, -0.2) is 4.79 Å². The van der Waals surface area contributed by atoms with Gasteiger partial charge in [0.25, 0.3) is 0 Å². The Morgan fingerprint density at radius 1 is 1.20 bits per heavy atom. The SMILES string of the molecule is CCCC(=O)O[C@H](C)C(=O)OCC(C)C. The topological polar surface area (TPSA) is 52.6 Å². The van der Waals surface area contributed by atoms with Gasteiger partial charge in [0.05, 0.1) is 6.61 Å². The van der Waals surface area contributed by atoms with Gasteiger partial charge in [-0.15, -0.1) is 0 Å². The Balaban J connectivity index is 3.83. The first-order valence-corrected chi connectivity index (χ1v) is 5.33.